The second-order valence-electron chi connectivity index (χ2n) is 7.26. The summed E-state index contributed by atoms with van der Waals surface area (Å²) in [5.41, 5.74) is 2.28. The van der Waals surface area contributed by atoms with E-state index in [2.05, 4.69) is 15.9 Å². The summed E-state index contributed by atoms with van der Waals surface area (Å²) in [5, 5.41) is 0.397. The van der Waals surface area contributed by atoms with E-state index in [1.54, 1.807) is 42.3 Å². The van der Waals surface area contributed by atoms with Gasteiger partial charge in [-0.1, -0.05) is 36.4 Å². The first-order valence-corrected chi connectivity index (χ1v) is 11.2. The monoisotopic (exact) mass is 526 g/mol. The van der Waals surface area contributed by atoms with Crippen molar-refractivity contribution in [2.24, 2.45) is 0 Å². The Bertz CT molecular complexity index is 1250. The van der Waals surface area contributed by atoms with E-state index >= 15 is 0 Å². The van der Waals surface area contributed by atoms with Crippen molar-refractivity contribution in [3.8, 4) is 11.5 Å². The number of carbonyl (C=O) groups excluding carboxylic acids is 1. The van der Waals surface area contributed by atoms with Crippen LogP contribution in [-0.2, 0) is 11.4 Å². The molecule has 0 unspecified atom stereocenters. The van der Waals surface area contributed by atoms with Crippen molar-refractivity contribution in [3.63, 3.8) is 0 Å². The maximum absolute atomic E-state index is 13.9. The molecule has 4 rings (SSSR count). The molecule has 1 aliphatic rings. The summed E-state index contributed by atoms with van der Waals surface area (Å²) in [4.78, 5) is 16.3. The predicted molar refractivity (Wildman–Crippen MR) is 134 cm³/mol. The van der Waals surface area contributed by atoms with Crippen LogP contribution in [0.5, 0.6) is 11.5 Å². The van der Waals surface area contributed by atoms with Gasteiger partial charge in [0.1, 0.15) is 18.1 Å². The molecule has 1 aliphatic heterocycles. The number of benzene rings is 3. The zero-order valence-electron chi connectivity index (χ0n) is 17.9. The van der Waals surface area contributed by atoms with E-state index in [1.165, 1.54) is 18.1 Å². The van der Waals surface area contributed by atoms with Crippen LogP contribution < -0.4 is 14.4 Å². The number of para-hydroxylation sites is 1. The molecule has 0 spiro atoms. The summed E-state index contributed by atoms with van der Waals surface area (Å²) in [5.74, 6) is 0.331. The first-order chi connectivity index (χ1) is 15.9. The minimum absolute atomic E-state index is 0.0452. The maximum atomic E-state index is 13.9. The Hall–Kier alpha value is -3.23. The van der Waals surface area contributed by atoms with E-state index in [4.69, 9.17) is 21.7 Å². The van der Waals surface area contributed by atoms with Gasteiger partial charge in [-0.15, -0.1) is 0 Å². The molecule has 3 aromatic rings. The van der Waals surface area contributed by atoms with E-state index in [0.29, 0.717) is 43.6 Å². The summed E-state index contributed by atoms with van der Waals surface area (Å²) in [6.45, 7) is 0.0452. The zero-order valence-corrected chi connectivity index (χ0v) is 20.3. The molecule has 1 heterocycles. The van der Waals surface area contributed by atoms with Crippen LogP contribution in [0.15, 0.2) is 76.9 Å². The smallest absolute Gasteiger partial charge is 0.281 e. The van der Waals surface area contributed by atoms with Crippen LogP contribution in [0.4, 0.5) is 10.1 Å². The van der Waals surface area contributed by atoms with Gasteiger partial charge in [-0.25, -0.2) is 4.39 Å². The van der Waals surface area contributed by atoms with Crippen molar-refractivity contribution in [1.29, 1.82) is 0 Å². The standard InChI is InChI=1S/C25H20BrFN2O3S/c1-28-21(24(30)29(25(28)33)18-9-4-3-5-10-18)13-16-12-19(26)23(22(14-16)31-2)32-15-17-8-6-7-11-20(17)27/h3-14H,15H2,1-2H3/b21-13-. The first-order valence-electron chi connectivity index (χ1n) is 10.0. The highest BCUT2D eigenvalue weighted by Crippen LogP contribution is 2.38. The van der Waals surface area contributed by atoms with Gasteiger partial charge in [0.25, 0.3) is 5.91 Å². The fourth-order valence-corrected chi connectivity index (χ4v) is 4.31. The number of methoxy groups -OCH3 is 1. The molecule has 0 aromatic heterocycles. The number of nitrogens with zero attached hydrogens (tertiary/aromatic N) is 2. The highest BCUT2D eigenvalue weighted by molar-refractivity contribution is 9.10. The van der Waals surface area contributed by atoms with E-state index in [-0.39, 0.29) is 18.3 Å². The van der Waals surface area contributed by atoms with Crippen molar-refractivity contribution in [2.45, 2.75) is 6.61 Å². The van der Waals surface area contributed by atoms with Crippen molar-refractivity contribution in [2.75, 3.05) is 19.1 Å². The van der Waals surface area contributed by atoms with E-state index in [1.807, 2.05) is 36.4 Å². The highest BCUT2D eigenvalue weighted by Gasteiger charge is 2.36. The van der Waals surface area contributed by atoms with Gasteiger partial charge < -0.3 is 14.4 Å². The Kier molecular flexibility index (Phi) is 6.76. The lowest BCUT2D eigenvalue weighted by Crippen LogP contribution is -2.30. The molecule has 0 bridgehead atoms. The third-order valence-corrected chi connectivity index (χ3v) is 6.21. The Morgan fingerprint density at radius 3 is 2.48 bits per heavy atom. The molecule has 0 aliphatic carbocycles. The summed E-state index contributed by atoms with van der Waals surface area (Å²) in [6, 6.07) is 19.3. The number of halogens is 2. The average molecular weight is 527 g/mol. The van der Waals surface area contributed by atoms with Gasteiger partial charge in [-0.05, 0) is 70.1 Å². The van der Waals surface area contributed by atoms with Crippen LogP contribution in [0, 0.1) is 5.82 Å². The second kappa shape index (κ2) is 9.72. The average Bonchev–Trinajstić information content (AvgIpc) is 3.02. The van der Waals surface area contributed by atoms with Gasteiger partial charge in [0.05, 0.1) is 17.3 Å². The summed E-state index contributed by atoms with van der Waals surface area (Å²) in [7, 11) is 3.28. The molecule has 1 amide bonds. The van der Waals surface area contributed by atoms with E-state index in [0.717, 1.165) is 0 Å². The Morgan fingerprint density at radius 1 is 1.09 bits per heavy atom. The van der Waals surface area contributed by atoms with Crippen molar-refractivity contribution >= 4 is 50.9 Å². The molecule has 5 nitrogen and oxygen atoms in total. The molecule has 168 valence electrons. The number of likely N-dealkylation sites (N-methyl/N-ethyl adjacent to an activating group) is 1. The van der Waals surface area contributed by atoms with Gasteiger partial charge in [0.15, 0.2) is 16.6 Å². The van der Waals surface area contributed by atoms with Gasteiger partial charge in [-0.2, -0.15) is 0 Å². The highest BCUT2D eigenvalue weighted by atomic mass is 79.9. The molecule has 0 saturated carbocycles. The number of anilines is 1. The lowest BCUT2D eigenvalue weighted by molar-refractivity contribution is -0.114. The SMILES string of the molecule is COc1cc(/C=C2/C(=O)N(c3ccccc3)C(=S)N2C)cc(Br)c1OCc1ccccc1F. The number of hydrogen-bond acceptors (Lipinski definition) is 4. The third-order valence-electron chi connectivity index (χ3n) is 5.16. The van der Waals surface area contributed by atoms with Crippen LogP contribution in [0.25, 0.3) is 6.08 Å². The molecular formula is C25H20BrFN2O3S. The molecule has 8 heteroatoms. The zero-order chi connectivity index (χ0) is 23.5. The molecular weight excluding hydrogens is 507 g/mol. The Labute approximate surface area is 205 Å². The largest absolute Gasteiger partial charge is 0.493 e. The number of ether oxygens (including phenoxy) is 2. The lowest BCUT2D eigenvalue weighted by Gasteiger charge is -2.16. The Morgan fingerprint density at radius 2 is 1.79 bits per heavy atom. The van der Waals surface area contributed by atoms with E-state index < -0.39 is 0 Å². The van der Waals surface area contributed by atoms with Crippen LogP contribution in [0.1, 0.15) is 11.1 Å². The van der Waals surface area contributed by atoms with Gasteiger partial charge in [0.2, 0.25) is 0 Å². The minimum atomic E-state index is -0.337. The number of hydrogen-bond donors (Lipinski definition) is 0. The molecule has 0 N–H and O–H groups in total. The van der Waals surface area contributed by atoms with Crippen LogP contribution in [0.2, 0.25) is 0 Å². The molecule has 1 fully saturated rings. The molecule has 1 saturated heterocycles. The summed E-state index contributed by atoms with van der Waals surface area (Å²) in [6.07, 6.45) is 1.74. The van der Waals surface area contributed by atoms with Crippen LogP contribution in [0.3, 0.4) is 0 Å². The van der Waals surface area contributed by atoms with Crippen LogP contribution >= 0.6 is 28.1 Å². The first kappa shape index (κ1) is 22.9. The molecule has 3 aromatic carbocycles. The lowest BCUT2D eigenvalue weighted by atomic mass is 10.1. The van der Waals surface area contributed by atoms with Gasteiger partial charge >= 0.3 is 0 Å². The minimum Gasteiger partial charge on any atom is -0.493 e. The molecule has 0 atom stereocenters. The van der Waals surface area contributed by atoms with Crippen LogP contribution in [-0.4, -0.2) is 30.1 Å². The number of amides is 1. The fourth-order valence-electron chi connectivity index (χ4n) is 3.45. The van der Waals surface area contributed by atoms with Gasteiger partial charge in [-0.3, -0.25) is 9.69 Å². The number of rotatable bonds is 6. The van der Waals surface area contributed by atoms with E-state index in [9.17, 15) is 9.18 Å². The Balaban J connectivity index is 1.63. The fraction of sp³-hybridized carbons (Fsp3) is 0.120. The normalized spacial score (nSPS) is 14.8. The van der Waals surface area contributed by atoms with Crippen molar-refractivity contribution in [3.05, 3.63) is 93.8 Å². The van der Waals surface area contributed by atoms with Crippen molar-refractivity contribution < 1.29 is 18.7 Å². The maximum Gasteiger partial charge on any atom is 0.281 e. The molecule has 0 radical (unpaired) electrons. The van der Waals surface area contributed by atoms with Crippen molar-refractivity contribution in [1.82, 2.24) is 4.90 Å². The molecule has 33 heavy (non-hydrogen) atoms. The summed E-state index contributed by atoms with van der Waals surface area (Å²) < 4.78 is 25.9. The van der Waals surface area contributed by atoms with Gasteiger partial charge in [0, 0.05) is 12.6 Å². The second-order valence-corrected chi connectivity index (χ2v) is 8.48. The number of thiocarbonyl (C=S) groups is 1. The summed E-state index contributed by atoms with van der Waals surface area (Å²) >= 11 is 9.02. The topological polar surface area (TPSA) is 42.0 Å². The number of carbonyl (C=O) groups is 1. The predicted octanol–water partition coefficient (Wildman–Crippen LogP) is 5.78. The third kappa shape index (κ3) is 4.62. The quantitative estimate of drug-likeness (QED) is 0.300.